The maximum Gasteiger partial charge on any atom is 0.127 e. The molecule has 0 saturated heterocycles. The van der Waals surface area contributed by atoms with Crippen molar-refractivity contribution in [2.45, 2.75) is 20.3 Å². The highest BCUT2D eigenvalue weighted by Crippen LogP contribution is 2.20. The van der Waals surface area contributed by atoms with E-state index in [0.29, 0.717) is 0 Å². The maximum atomic E-state index is 4.24. The van der Waals surface area contributed by atoms with E-state index in [4.69, 9.17) is 0 Å². The van der Waals surface area contributed by atoms with Crippen molar-refractivity contribution in [3.8, 4) is 0 Å². The third-order valence-corrected chi connectivity index (χ3v) is 3.53. The van der Waals surface area contributed by atoms with Gasteiger partial charge in [-0.05, 0) is 40.9 Å². The Kier molecular flexibility index (Phi) is 3.15. The van der Waals surface area contributed by atoms with Crippen molar-refractivity contribution >= 4 is 15.9 Å². The van der Waals surface area contributed by atoms with E-state index in [2.05, 4.69) is 57.5 Å². The van der Waals surface area contributed by atoms with Crippen LogP contribution in [-0.4, -0.2) is 9.55 Å². The van der Waals surface area contributed by atoms with Gasteiger partial charge in [-0.1, -0.05) is 23.8 Å². The van der Waals surface area contributed by atoms with Gasteiger partial charge in [0.05, 0.1) is 12.0 Å². The SMILES string of the molecule is Cc1ccc(C)c(Cc2c(Br)ncn2C)c1. The maximum absolute atomic E-state index is 4.24. The molecule has 0 aliphatic heterocycles. The van der Waals surface area contributed by atoms with Crippen molar-refractivity contribution in [2.24, 2.45) is 7.05 Å². The lowest BCUT2D eigenvalue weighted by molar-refractivity contribution is 0.840. The molecular weight excluding hydrogens is 264 g/mol. The summed E-state index contributed by atoms with van der Waals surface area (Å²) < 4.78 is 3.00. The van der Waals surface area contributed by atoms with Crippen LogP contribution < -0.4 is 0 Å². The summed E-state index contributed by atoms with van der Waals surface area (Å²) in [6.45, 7) is 4.28. The molecule has 3 heteroatoms. The van der Waals surface area contributed by atoms with Crippen LogP contribution >= 0.6 is 15.9 Å². The van der Waals surface area contributed by atoms with Crippen LogP contribution in [0.5, 0.6) is 0 Å². The number of nitrogens with zero attached hydrogens (tertiary/aromatic N) is 2. The number of imidazole rings is 1. The smallest absolute Gasteiger partial charge is 0.127 e. The molecule has 1 heterocycles. The van der Waals surface area contributed by atoms with Crippen LogP contribution in [0.1, 0.15) is 22.4 Å². The minimum Gasteiger partial charge on any atom is -0.336 e. The lowest BCUT2D eigenvalue weighted by atomic mass is 10.0. The fourth-order valence-electron chi connectivity index (χ4n) is 1.80. The molecule has 0 fully saturated rings. The first-order valence-corrected chi connectivity index (χ1v) is 6.09. The molecule has 0 amide bonds. The minimum absolute atomic E-state index is 0.921. The number of aromatic nitrogens is 2. The molecule has 0 N–H and O–H groups in total. The fraction of sp³-hybridized carbons (Fsp3) is 0.308. The van der Waals surface area contributed by atoms with Gasteiger partial charge in [0.1, 0.15) is 4.60 Å². The largest absolute Gasteiger partial charge is 0.336 e. The second-order valence-electron chi connectivity index (χ2n) is 4.20. The first-order chi connectivity index (χ1) is 7.58. The molecule has 0 spiro atoms. The molecule has 0 saturated carbocycles. The van der Waals surface area contributed by atoms with Gasteiger partial charge in [0.2, 0.25) is 0 Å². The van der Waals surface area contributed by atoms with Crippen molar-refractivity contribution in [3.63, 3.8) is 0 Å². The number of aryl methyl sites for hydroxylation is 3. The summed E-state index contributed by atoms with van der Waals surface area (Å²) in [4.78, 5) is 4.24. The number of hydrogen-bond acceptors (Lipinski definition) is 1. The quantitative estimate of drug-likeness (QED) is 0.824. The van der Waals surface area contributed by atoms with E-state index in [-0.39, 0.29) is 0 Å². The number of rotatable bonds is 2. The summed E-state index contributed by atoms with van der Waals surface area (Å²) in [5, 5.41) is 0. The first kappa shape index (κ1) is 11.4. The highest BCUT2D eigenvalue weighted by Gasteiger charge is 2.08. The second-order valence-corrected chi connectivity index (χ2v) is 4.95. The summed E-state index contributed by atoms with van der Waals surface area (Å²) in [7, 11) is 2.03. The highest BCUT2D eigenvalue weighted by atomic mass is 79.9. The first-order valence-electron chi connectivity index (χ1n) is 5.29. The minimum atomic E-state index is 0.921. The standard InChI is InChI=1S/C13H15BrN2/c1-9-4-5-10(2)11(6-9)7-12-13(14)15-8-16(12)3/h4-6,8H,7H2,1-3H3. The Bertz CT molecular complexity index is 495. The van der Waals surface area contributed by atoms with Gasteiger partial charge in [0, 0.05) is 13.5 Å². The van der Waals surface area contributed by atoms with Crippen molar-refractivity contribution in [1.82, 2.24) is 9.55 Å². The van der Waals surface area contributed by atoms with Crippen molar-refractivity contribution in [1.29, 1.82) is 0 Å². The van der Waals surface area contributed by atoms with Crippen LogP contribution in [0.3, 0.4) is 0 Å². The lowest BCUT2D eigenvalue weighted by Gasteiger charge is -2.08. The zero-order valence-corrected chi connectivity index (χ0v) is 11.4. The van der Waals surface area contributed by atoms with E-state index < -0.39 is 0 Å². The van der Waals surface area contributed by atoms with Gasteiger partial charge >= 0.3 is 0 Å². The topological polar surface area (TPSA) is 17.8 Å². The predicted molar refractivity (Wildman–Crippen MR) is 69.6 cm³/mol. The van der Waals surface area contributed by atoms with E-state index in [9.17, 15) is 0 Å². The summed E-state index contributed by atoms with van der Waals surface area (Å²) in [6.07, 6.45) is 2.76. The predicted octanol–water partition coefficient (Wildman–Crippen LogP) is 3.39. The van der Waals surface area contributed by atoms with Gasteiger partial charge in [-0.25, -0.2) is 4.98 Å². The van der Waals surface area contributed by atoms with Crippen LogP contribution in [-0.2, 0) is 13.5 Å². The average molecular weight is 279 g/mol. The Morgan fingerprint density at radius 3 is 2.69 bits per heavy atom. The molecule has 2 rings (SSSR count). The Morgan fingerprint density at radius 1 is 1.31 bits per heavy atom. The third-order valence-electron chi connectivity index (χ3n) is 2.87. The molecule has 0 unspecified atom stereocenters. The molecule has 0 aliphatic rings. The van der Waals surface area contributed by atoms with E-state index in [1.165, 1.54) is 22.4 Å². The zero-order valence-electron chi connectivity index (χ0n) is 9.79. The van der Waals surface area contributed by atoms with Gasteiger partial charge in [-0.15, -0.1) is 0 Å². The van der Waals surface area contributed by atoms with Gasteiger partial charge in [0.25, 0.3) is 0 Å². The Labute approximate surface area is 104 Å². The van der Waals surface area contributed by atoms with Crippen LogP contribution in [0.25, 0.3) is 0 Å². The zero-order chi connectivity index (χ0) is 11.7. The summed E-state index contributed by atoms with van der Waals surface area (Å²) in [5.41, 5.74) is 5.22. The van der Waals surface area contributed by atoms with Crippen molar-refractivity contribution < 1.29 is 0 Å². The lowest BCUT2D eigenvalue weighted by Crippen LogP contribution is -1.99. The van der Waals surface area contributed by atoms with E-state index in [1.807, 2.05) is 13.4 Å². The molecular formula is C13H15BrN2. The van der Waals surface area contributed by atoms with Crippen LogP contribution in [0, 0.1) is 13.8 Å². The van der Waals surface area contributed by atoms with Gasteiger partial charge in [-0.2, -0.15) is 0 Å². The molecule has 1 aromatic heterocycles. The van der Waals surface area contributed by atoms with E-state index in [0.717, 1.165) is 11.0 Å². The van der Waals surface area contributed by atoms with Crippen LogP contribution in [0.4, 0.5) is 0 Å². The van der Waals surface area contributed by atoms with E-state index in [1.54, 1.807) is 0 Å². The van der Waals surface area contributed by atoms with Crippen LogP contribution in [0.15, 0.2) is 29.1 Å². The van der Waals surface area contributed by atoms with Gasteiger partial charge in [0.15, 0.2) is 0 Å². The Balaban J connectivity index is 2.37. The number of hydrogen-bond donors (Lipinski definition) is 0. The van der Waals surface area contributed by atoms with Gasteiger partial charge < -0.3 is 4.57 Å². The fourth-order valence-corrected chi connectivity index (χ4v) is 2.31. The van der Waals surface area contributed by atoms with E-state index >= 15 is 0 Å². The molecule has 2 nitrogen and oxygen atoms in total. The summed E-state index contributed by atoms with van der Waals surface area (Å²) in [6, 6.07) is 6.57. The average Bonchev–Trinajstić information content (AvgIpc) is 2.55. The second kappa shape index (κ2) is 4.42. The summed E-state index contributed by atoms with van der Waals surface area (Å²) in [5.74, 6) is 0. The number of benzene rings is 1. The van der Waals surface area contributed by atoms with Gasteiger partial charge in [-0.3, -0.25) is 0 Å². The highest BCUT2D eigenvalue weighted by molar-refractivity contribution is 9.10. The normalized spacial score (nSPS) is 10.8. The Morgan fingerprint density at radius 2 is 2.06 bits per heavy atom. The summed E-state index contributed by atoms with van der Waals surface area (Å²) >= 11 is 3.49. The number of halogens is 1. The molecule has 0 aliphatic carbocycles. The van der Waals surface area contributed by atoms with Crippen molar-refractivity contribution in [2.75, 3.05) is 0 Å². The third kappa shape index (κ3) is 2.19. The molecule has 16 heavy (non-hydrogen) atoms. The van der Waals surface area contributed by atoms with Crippen LogP contribution in [0.2, 0.25) is 0 Å². The molecule has 84 valence electrons. The molecule has 0 bridgehead atoms. The Hall–Kier alpha value is -1.09. The van der Waals surface area contributed by atoms with Crippen molar-refractivity contribution in [3.05, 3.63) is 51.5 Å². The molecule has 2 aromatic rings. The monoisotopic (exact) mass is 278 g/mol. The molecule has 0 atom stereocenters. The molecule has 1 aromatic carbocycles. The molecule has 0 radical (unpaired) electrons.